The molecule has 0 aromatic rings. The molecule has 1 heterocycles. The van der Waals surface area contributed by atoms with Gasteiger partial charge in [0.05, 0.1) is 6.61 Å². The SMILES string of the molecule is CCNC(COC)CN1C(=O)CC(C)CC1=O. The first-order valence-electron chi connectivity index (χ1n) is 6.14. The van der Waals surface area contributed by atoms with Gasteiger partial charge in [-0.05, 0) is 12.5 Å². The van der Waals surface area contributed by atoms with Crippen LogP contribution in [0.2, 0.25) is 0 Å². The van der Waals surface area contributed by atoms with Gasteiger partial charge in [0.2, 0.25) is 11.8 Å². The molecule has 1 unspecified atom stereocenters. The van der Waals surface area contributed by atoms with Crippen LogP contribution in [0.5, 0.6) is 0 Å². The number of likely N-dealkylation sites (N-methyl/N-ethyl adjacent to an activating group) is 1. The van der Waals surface area contributed by atoms with Crippen LogP contribution < -0.4 is 5.32 Å². The minimum atomic E-state index is -0.0623. The van der Waals surface area contributed by atoms with E-state index in [9.17, 15) is 9.59 Å². The maximum absolute atomic E-state index is 11.8. The van der Waals surface area contributed by atoms with Crippen molar-refractivity contribution >= 4 is 11.8 Å². The van der Waals surface area contributed by atoms with E-state index in [4.69, 9.17) is 4.74 Å². The molecular formula is C12H22N2O3. The number of nitrogens with zero attached hydrogens (tertiary/aromatic N) is 1. The number of ether oxygens (including phenoxy) is 1. The zero-order chi connectivity index (χ0) is 12.8. The summed E-state index contributed by atoms with van der Waals surface area (Å²) in [4.78, 5) is 25.0. The Kier molecular flexibility index (Phi) is 5.58. The van der Waals surface area contributed by atoms with E-state index in [0.29, 0.717) is 26.0 Å². The molecule has 1 aliphatic rings. The Labute approximate surface area is 102 Å². The molecule has 0 aliphatic carbocycles. The van der Waals surface area contributed by atoms with E-state index in [0.717, 1.165) is 6.54 Å². The van der Waals surface area contributed by atoms with Crippen molar-refractivity contribution in [3.05, 3.63) is 0 Å². The van der Waals surface area contributed by atoms with Crippen molar-refractivity contribution in [1.82, 2.24) is 10.2 Å². The largest absolute Gasteiger partial charge is 0.383 e. The van der Waals surface area contributed by atoms with Crippen LogP contribution in [0.4, 0.5) is 0 Å². The van der Waals surface area contributed by atoms with Crippen molar-refractivity contribution in [2.75, 3.05) is 26.8 Å². The van der Waals surface area contributed by atoms with E-state index >= 15 is 0 Å². The summed E-state index contributed by atoms with van der Waals surface area (Å²) in [6.07, 6.45) is 0.940. The molecule has 98 valence electrons. The second-order valence-corrected chi connectivity index (χ2v) is 4.62. The normalized spacial score (nSPS) is 19.8. The molecule has 0 radical (unpaired) electrons. The highest BCUT2D eigenvalue weighted by Gasteiger charge is 2.31. The lowest BCUT2D eigenvalue weighted by Gasteiger charge is -2.31. The van der Waals surface area contributed by atoms with E-state index in [-0.39, 0.29) is 23.8 Å². The number of amides is 2. The number of imide groups is 1. The van der Waals surface area contributed by atoms with Crippen molar-refractivity contribution < 1.29 is 14.3 Å². The molecule has 0 bridgehead atoms. The molecule has 1 fully saturated rings. The molecule has 5 heteroatoms. The molecular weight excluding hydrogens is 220 g/mol. The number of piperidine rings is 1. The van der Waals surface area contributed by atoms with Crippen molar-refractivity contribution in [2.24, 2.45) is 5.92 Å². The fraction of sp³-hybridized carbons (Fsp3) is 0.833. The van der Waals surface area contributed by atoms with E-state index < -0.39 is 0 Å². The fourth-order valence-electron chi connectivity index (χ4n) is 2.12. The quantitative estimate of drug-likeness (QED) is 0.685. The van der Waals surface area contributed by atoms with E-state index in [1.807, 2.05) is 13.8 Å². The number of rotatable bonds is 6. The smallest absolute Gasteiger partial charge is 0.229 e. The summed E-state index contributed by atoms with van der Waals surface area (Å²) in [7, 11) is 1.62. The van der Waals surface area contributed by atoms with Gasteiger partial charge in [-0.25, -0.2) is 0 Å². The number of carbonyl (C=O) groups is 2. The summed E-state index contributed by atoms with van der Waals surface area (Å²) in [5, 5.41) is 3.21. The predicted octanol–water partition coefficient (Wildman–Crippen LogP) is 0.396. The average molecular weight is 242 g/mol. The third kappa shape index (κ3) is 4.09. The molecule has 2 amide bonds. The zero-order valence-electron chi connectivity index (χ0n) is 10.9. The van der Waals surface area contributed by atoms with Crippen LogP contribution in [0.1, 0.15) is 26.7 Å². The molecule has 0 aromatic heterocycles. The van der Waals surface area contributed by atoms with Crippen LogP contribution in [0.25, 0.3) is 0 Å². The van der Waals surface area contributed by atoms with Crippen LogP contribution in [0.15, 0.2) is 0 Å². The number of likely N-dealkylation sites (tertiary alicyclic amines) is 1. The highest BCUT2D eigenvalue weighted by atomic mass is 16.5. The number of hydrogen-bond donors (Lipinski definition) is 1. The zero-order valence-corrected chi connectivity index (χ0v) is 10.9. The monoisotopic (exact) mass is 242 g/mol. The van der Waals surface area contributed by atoms with Gasteiger partial charge < -0.3 is 10.1 Å². The number of carbonyl (C=O) groups excluding carboxylic acids is 2. The molecule has 1 rings (SSSR count). The first kappa shape index (κ1) is 14.1. The summed E-state index contributed by atoms with van der Waals surface area (Å²) in [5.74, 6) is 0.0479. The Balaban J connectivity index is 2.58. The van der Waals surface area contributed by atoms with Crippen molar-refractivity contribution in [2.45, 2.75) is 32.7 Å². The van der Waals surface area contributed by atoms with E-state index in [1.165, 1.54) is 4.90 Å². The minimum absolute atomic E-state index is 0.0197. The Morgan fingerprint density at radius 2 is 2.00 bits per heavy atom. The number of hydrogen-bond acceptors (Lipinski definition) is 4. The number of methoxy groups -OCH3 is 1. The average Bonchev–Trinajstić information content (AvgIpc) is 2.23. The maximum Gasteiger partial charge on any atom is 0.229 e. The summed E-state index contributed by atoms with van der Waals surface area (Å²) in [5.41, 5.74) is 0. The van der Waals surface area contributed by atoms with Gasteiger partial charge in [-0.3, -0.25) is 14.5 Å². The molecule has 17 heavy (non-hydrogen) atoms. The predicted molar refractivity (Wildman–Crippen MR) is 64.5 cm³/mol. The Morgan fingerprint density at radius 1 is 1.41 bits per heavy atom. The van der Waals surface area contributed by atoms with Crippen molar-refractivity contribution in [3.63, 3.8) is 0 Å². The second-order valence-electron chi connectivity index (χ2n) is 4.62. The molecule has 0 aromatic carbocycles. The van der Waals surface area contributed by atoms with Crippen LogP contribution in [-0.4, -0.2) is 49.6 Å². The minimum Gasteiger partial charge on any atom is -0.383 e. The standard InChI is InChI=1S/C12H22N2O3/c1-4-13-10(8-17-3)7-14-11(15)5-9(2)6-12(14)16/h9-10,13H,4-8H2,1-3H3. The molecule has 0 saturated carbocycles. The number of nitrogens with one attached hydrogen (secondary N) is 1. The lowest BCUT2D eigenvalue weighted by Crippen LogP contribution is -2.51. The summed E-state index contributed by atoms with van der Waals surface area (Å²) >= 11 is 0. The molecule has 1 N–H and O–H groups in total. The van der Waals surface area contributed by atoms with Gasteiger partial charge in [0.25, 0.3) is 0 Å². The Hall–Kier alpha value is -0.940. The lowest BCUT2D eigenvalue weighted by molar-refractivity contribution is -0.150. The van der Waals surface area contributed by atoms with E-state index in [1.54, 1.807) is 7.11 Å². The van der Waals surface area contributed by atoms with Crippen LogP contribution >= 0.6 is 0 Å². The molecule has 5 nitrogen and oxygen atoms in total. The summed E-state index contributed by atoms with van der Waals surface area (Å²) in [6, 6.07) is 0.0197. The first-order chi connectivity index (χ1) is 8.08. The highest BCUT2D eigenvalue weighted by molar-refractivity contribution is 5.97. The van der Waals surface area contributed by atoms with Gasteiger partial charge in [0, 0.05) is 32.5 Å². The van der Waals surface area contributed by atoms with Gasteiger partial charge in [-0.15, -0.1) is 0 Å². The van der Waals surface area contributed by atoms with Gasteiger partial charge in [0.1, 0.15) is 0 Å². The van der Waals surface area contributed by atoms with Gasteiger partial charge >= 0.3 is 0 Å². The summed E-state index contributed by atoms with van der Waals surface area (Å²) < 4.78 is 5.08. The molecule has 1 aliphatic heterocycles. The van der Waals surface area contributed by atoms with Gasteiger partial charge in [0.15, 0.2) is 0 Å². The Morgan fingerprint density at radius 3 is 2.47 bits per heavy atom. The van der Waals surface area contributed by atoms with Crippen LogP contribution in [-0.2, 0) is 14.3 Å². The molecule has 0 spiro atoms. The van der Waals surface area contributed by atoms with Crippen molar-refractivity contribution in [3.8, 4) is 0 Å². The van der Waals surface area contributed by atoms with Gasteiger partial charge in [-0.1, -0.05) is 13.8 Å². The fourth-order valence-corrected chi connectivity index (χ4v) is 2.12. The second kappa shape index (κ2) is 6.71. The maximum atomic E-state index is 11.8. The van der Waals surface area contributed by atoms with Crippen LogP contribution in [0, 0.1) is 5.92 Å². The van der Waals surface area contributed by atoms with Crippen molar-refractivity contribution in [1.29, 1.82) is 0 Å². The molecule has 1 atom stereocenters. The highest BCUT2D eigenvalue weighted by Crippen LogP contribution is 2.18. The van der Waals surface area contributed by atoms with E-state index in [2.05, 4.69) is 5.32 Å². The first-order valence-corrected chi connectivity index (χ1v) is 6.14. The third-order valence-corrected chi connectivity index (χ3v) is 2.91. The third-order valence-electron chi connectivity index (χ3n) is 2.91. The van der Waals surface area contributed by atoms with Crippen LogP contribution in [0.3, 0.4) is 0 Å². The van der Waals surface area contributed by atoms with Gasteiger partial charge in [-0.2, -0.15) is 0 Å². The topological polar surface area (TPSA) is 58.6 Å². The summed E-state index contributed by atoms with van der Waals surface area (Å²) in [6.45, 7) is 5.63. The Bertz CT molecular complexity index is 257. The lowest BCUT2D eigenvalue weighted by atomic mass is 9.97. The molecule has 1 saturated heterocycles.